The molecule has 1 aromatic heterocycles. The number of carbonyl (C=O) groups is 2. The van der Waals surface area contributed by atoms with E-state index < -0.39 is 0 Å². The zero-order valence-corrected chi connectivity index (χ0v) is 20.1. The molecular formula is C25H22BrClN4O2. The number of nitrogens with one attached hydrogen (secondary N) is 2. The van der Waals surface area contributed by atoms with Crippen LogP contribution in [-0.4, -0.2) is 27.9 Å². The SMILES string of the molecule is O=C(Cn1c(CCCNC(=O)c2ccc(Cl)cc2)nc2ccccc21)Nc1cccc(Br)c1. The third kappa shape index (κ3) is 6.00. The molecule has 3 aromatic carbocycles. The summed E-state index contributed by atoms with van der Waals surface area (Å²) >= 11 is 9.29. The Bertz CT molecular complexity index is 1290. The Labute approximate surface area is 205 Å². The summed E-state index contributed by atoms with van der Waals surface area (Å²) < 4.78 is 2.83. The van der Waals surface area contributed by atoms with Gasteiger partial charge >= 0.3 is 0 Å². The first-order valence-electron chi connectivity index (χ1n) is 10.5. The first kappa shape index (κ1) is 23.0. The maximum atomic E-state index is 12.7. The Morgan fingerprint density at radius 1 is 1.00 bits per heavy atom. The van der Waals surface area contributed by atoms with Crippen LogP contribution in [-0.2, 0) is 17.8 Å². The minimum atomic E-state index is -0.145. The number of benzene rings is 3. The first-order chi connectivity index (χ1) is 16.0. The van der Waals surface area contributed by atoms with E-state index in [0.717, 1.165) is 27.0 Å². The van der Waals surface area contributed by atoms with E-state index in [4.69, 9.17) is 16.6 Å². The van der Waals surface area contributed by atoms with Gasteiger partial charge in [-0.05, 0) is 61.0 Å². The number of aryl methyl sites for hydroxylation is 1. The number of aromatic nitrogens is 2. The first-order valence-corrected chi connectivity index (χ1v) is 11.7. The van der Waals surface area contributed by atoms with Crippen LogP contribution >= 0.6 is 27.5 Å². The van der Waals surface area contributed by atoms with Gasteiger partial charge in [-0.2, -0.15) is 0 Å². The standard InChI is InChI=1S/C25H22BrClN4O2/c26-18-5-3-6-20(15-18)29-24(32)16-31-22-8-2-1-7-21(22)30-23(31)9-4-14-28-25(33)17-10-12-19(27)13-11-17/h1-3,5-8,10-13,15H,4,9,14,16H2,(H,28,33)(H,29,32). The van der Waals surface area contributed by atoms with Gasteiger partial charge in [0.05, 0.1) is 11.0 Å². The molecular weight excluding hydrogens is 504 g/mol. The Balaban J connectivity index is 1.41. The van der Waals surface area contributed by atoms with Crippen molar-refractivity contribution in [2.45, 2.75) is 19.4 Å². The molecule has 1 heterocycles. The zero-order valence-electron chi connectivity index (χ0n) is 17.7. The second-order valence-electron chi connectivity index (χ2n) is 7.53. The van der Waals surface area contributed by atoms with Gasteiger partial charge in [-0.15, -0.1) is 0 Å². The van der Waals surface area contributed by atoms with Crippen molar-refractivity contribution in [1.29, 1.82) is 0 Å². The van der Waals surface area contributed by atoms with Crippen LogP contribution in [0.3, 0.4) is 0 Å². The van der Waals surface area contributed by atoms with Crippen molar-refractivity contribution in [3.8, 4) is 0 Å². The highest BCUT2D eigenvalue weighted by molar-refractivity contribution is 9.10. The number of hydrogen-bond acceptors (Lipinski definition) is 3. The molecule has 0 aliphatic rings. The molecule has 0 aliphatic heterocycles. The molecule has 0 fully saturated rings. The molecule has 6 nitrogen and oxygen atoms in total. The van der Waals surface area contributed by atoms with Crippen molar-refractivity contribution in [3.63, 3.8) is 0 Å². The normalized spacial score (nSPS) is 10.8. The third-order valence-electron chi connectivity index (χ3n) is 5.11. The van der Waals surface area contributed by atoms with Crippen molar-refractivity contribution < 1.29 is 9.59 Å². The third-order valence-corrected chi connectivity index (χ3v) is 5.86. The Morgan fingerprint density at radius 2 is 1.79 bits per heavy atom. The number of anilines is 1. The molecule has 2 amide bonds. The van der Waals surface area contributed by atoms with Crippen molar-refractivity contribution in [3.05, 3.63) is 93.7 Å². The lowest BCUT2D eigenvalue weighted by molar-refractivity contribution is -0.116. The number of rotatable bonds is 8. The predicted molar refractivity (Wildman–Crippen MR) is 135 cm³/mol. The average Bonchev–Trinajstić information content (AvgIpc) is 3.14. The number of amides is 2. The summed E-state index contributed by atoms with van der Waals surface area (Å²) in [6.45, 7) is 0.647. The van der Waals surface area contributed by atoms with Crippen LogP contribution in [0.5, 0.6) is 0 Å². The van der Waals surface area contributed by atoms with Crippen molar-refractivity contribution in [2.75, 3.05) is 11.9 Å². The highest BCUT2D eigenvalue weighted by Gasteiger charge is 2.14. The number of halogens is 2. The fourth-order valence-corrected chi connectivity index (χ4v) is 4.08. The number of hydrogen-bond donors (Lipinski definition) is 2. The minimum Gasteiger partial charge on any atom is -0.352 e. The fraction of sp³-hybridized carbons (Fsp3) is 0.160. The molecule has 2 N–H and O–H groups in total. The lowest BCUT2D eigenvalue weighted by Gasteiger charge is -2.11. The predicted octanol–water partition coefficient (Wildman–Crippen LogP) is 5.45. The lowest BCUT2D eigenvalue weighted by Crippen LogP contribution is -2.25. The van der Waals surface area contributed by atoms with Gasteiger partial charge in [-0.3, -0.25) is 9.59 Å². The molecule has 0 atom stereocenters. The smallest absolute Gasteiger partial charge is 0.251 e. The van der Waals surface area contributed by atoms with E-state index in [9.17, 15) is 9.59 Å². The van der Waals surface area contributed by atoms with Gasteiger partial charge in [0.15, 0.2) is 0 Å². The maximum Gasteiger partial charge on any atom is 0.251 e. The van der Waals surface area contributed by atoms with Crippen LogP contribution in [0.15, 0.2) is 77.3 Å². The van der Waals surface area contributed by atoms with Crippen LogP contribution in [0, 0.1) is 0 Å². The molecule has 8 heteroatoms. The molecule has 0 bridgehead atoms. The van der Waals surface area contributed by atoms with Crippen molar-refractivity contribution in [1.82, 2.24) is 14.9 Å². The highest BCUT2D eigenvalue weighted by atomic mass is 79.9. The van der Waals surface area contributed by atoms with Gasteiger partial charge < -0.3 is 15.2 Å². The summed E-state index contributed by atoms with van der Waals surface area (Å²) in [6, 6.07) is 22.0. The number of nitrogens with zero attached hydrogens (tertiary/aromatic N) is 2. The van der Waals surface area contributed by atoms with Crippen LogP contribution in [0.25, 0.3) is 11.0 Å². The lowest BCUT2D eigenvalue weighted by atomic mass is 10.2. The van der Waals surface area contributed by atoms with Gasteiger partial charge in [0.1, 0.15) is 12.4 Å². The fourth-order valence-electron chi connectivity index (χ4n) is 3.55. The Morgan fingerprint density at radius 3 is 2.58 bits per heavy atom. The van der Waals surface area contributed by atoms with Crippen molar-refractivity contribution >= 4 is 56.1 Å². The zero-order chi connectivity index (χ0) is 23.2. The van der Waals surface area contributed by atoms with E-state index in [0.29, 0.717) is 30.0 Å². The van der Waals surface area contributed by atoms with E-state index in [2.05, 4.69) is 26.6 Å². The van der Waals surface area contributed by atoms with E-state index in [1.165, 1.54) is 0 Å². The average molecular weight is 526 g/mol. The molecule has 4 rings (SSSR count). The number of fused-ring (bicyclic) bond motifs is 1. The molecule has 0 unspecified atom stereocenters. The van der Waals surface area contributed by atoms with Gasteiger partial charge in [0, 0.05) is 33.7 Å². The molecule has 0 radical (unpaired) electrons. The minimum absolute atomic E-state index is 0.131. The number of imidazole rings is 1. The van der Waals surface area contributed by atoms with Gasteiger partial charge in [-0.1, -0.05) is 45.7 Å². The molecule has 33 heavy (non-hydrogen) atoms. The van der Waals surface area contributed by atoms with E-state index in [1.807, 2.05) is 53.1 Å². The van der Waals surface area contributed by atoms with Crippen LogP contribution < -0.4 is 10.6 Å². The molecule has 0 aliphatic carbocycles. The second-order valence-corrected chi connectivity index (χ2v) is 8.88. The second kappa shape index (κ2) is 10.6. The molecule has 0 saturated carbocycles. The highest BCUT2D eigenvalue weighted by Crippen LogP contribution is 2.19. The monoisotopic (exact) mass is 524 g/mol. The van der Waals surface area contributed by atoms with E-state index in [-0.39, 0.29) is 18.4 Å². The van der Waals surface area contributed by atoms with Gasteiger partial charge in [0.2, 0.25) is 5.91 Å². The summed E-state index contributed by atoms with van der Waals surface area (Å²) in [7, 11) is 0. The molecule has 4 aromatic rings. The topological polar surface area (TPSA) is 76.0 Å². The molecule has 168 valence electrons. The summed E-state index contributed by atoms with van der Waals surface area (Å²) in [4.78, 5) is 29.8. The number of para-hydroxylation sites is 2. The van der Waals surface area contributed by atoms with Crippen LogP contribution in [0.2, 0.25) is 5.02 Å². The molecule has 0 spiro atoms. The van der Waals surface area contributed by atoms with E-state index in [1.54, 1.807) is 24.3 Å². The molecule has 0 saturated heterocycles. The quantitative estimate of drug-likeness (QED) is 0.300. The van der Waals surface area contributed by atoms with Crippen molar-refractivity contribution in [2.24, 2.45) is 0 Å². The Hall–Kier alpha value is -3.16. The summed E-state index contributed by atoms with van der Waals surface area (Å²) in [5.41, 5.74) is 3.04. The van der Waals surface area contributed by atoms with Crippen LogP contribution in [0.4, 0.5) is 5.69 Å². The summed E-state index contributed by atoms with van der Waals surface area (Å²) in [5, 5.41) is 6.44. The largest absolute Gasteiger partial charge is 0.352 e. The van der Waals surface area contributed by atoms with Gasteiger partial charge in [0.25, 0.3) is 5.91 Å². The van der Waals surface area contributed by atoms with Gasteiger partial charge in [-0.25, -0.2) is 4.98 Å². The maximum absolute atomic E-state index is 12.7. The van der Waals surface area contributed by atoms with E-state index >= 15 is 0 Å². The Kier molecular flexibility index (Phi) is 7.42. The van der Waals surface area contributed by atoms with Crippen LogP contribution in [0.1, 0.15) is 22.6 Å². The number of carbonyl (C=O) groups excluding carboxylic acids is 2. The summed E-state index contributed by atoms with van der Waals surface area (Å²) in [6.07, 6.45) is 1.32. The summed E-state index contributed by atoms with van der Waals surface area (Å²) in [5.74, 6) is 0.531.